The molecule has 1 heterocycles. The number of rotatable bonds is 9. The van der Waals surface area contributed by atoms with Crippen LogP contribution in [0.1, 0.15) is 39.3 Å². The molecule has 0 aliphatic rings. The number of hydrogen-bond acceptors (Lipinski definition) is 4. The summed E-state index contributed by atoms with van der Waals surface area (Å²) in [5.74, 6) is 0.949. The lowest BCUT2D eigenvalue weighted by atomic mass is 10.2. The van der Waals surface area contributed by atoms with Crippen LogP contribution >= 0.6 is 0 Å². The van der Waals surface area contributed by atoms with Crippen molar-refractivity contribution >= 4 is 5.82 Å². The van der Waals surface area contributed by atoms with Gasteiger partial charge >= 0.3 is 0 Å². The number of nitrogens with zero attached hydrogens (tertiary/aromatic N) is 2. The van der Waals surface area contributed by atoms with Gasteiger partial charge in [0, 0.05) is 32.3 Å². The van der Waals surface area contributed by atoms with E-state index in [1.807, 2.05) is 12.1 Å². The molecule has 1 rings (SSSR count). The van der Waals surface area contributed by atoms with E-state index in [0.717, 1.165) is 44.0 Å². The molecule has 0 aliphatic heterocycles. The maximum atomic E-state index is 8.95. The second-order valence-electron chi connectivity index (χ2n) is 5.08. The zero-order valence-corrected chi connectivity index (χ0v) is 12.4. The van der Waals surface area contributed by atoms with Crippen LogP contribution in [0.15, 0.2) is 18.2 Å². The Hall–Kier alpha value is -1.13. The molecular formula is C15H27N3O. The summed E-state index contributed by atoms with van der Waals surface area (Å²) in [6, 6.07) is 6.57. The molecule has 1 aromatic rings. The van der Waals surface area contributed by atoms with E-state index in [4.69, 9.17) is 5.11 Å². The zero-order valence-electron chi connectivity index (χ0n) is 12.4. The molecule has 4 heteroatoms. The van der Waals surface area contributed by atoms with Crippen molar-refractivity contribution in [2.75, 3.05) is 25.0 Å². The molecule has 4 nitrogen and oxygen atoms in total. The lowest BCUT2D eigenvalue weighted by molar-refractivity contribution is 0.183. The van der Waals surface area contributed by atoms with Gasteiger partial charge in [0.15, 0.2) is 0 Å². The van der Waals surface area contributed by atoms with Crippen LogP contribution < -0.4 is 5.32 Å². The minimum atomic E-state index is 0.245. The number of hydrogen-bond donors (Lipinski definition) is 2. The van der Waals surface area contributed by atoms with Gasteiger partial charge in [-0.1, -0.05) is 13.0 Å². The normalized spacial score (nSPS) is 11.3. The molecule has 19 heavy (non-hydrogen) atoms. The molecule has 0 unspecified atom stereocenters. The van der Waals surface area contributed by atoms with E-state index >= 15 is 0 Å². The third-order valence-electron chi connectivity index (χ3n) is 3.06. The van der Waals surface area contributed by atoms with E-state index in [9.17, 15) is 0 Å². The quantitative estimate of drug-likeness (QED) is 0.720. The summed E-state index contributed by atoms with van der Waals surface area (Å²) in [6.45, 7) is 9.44. The van der Waals surface area contributed by atoms with Gasteiger partial charge in [0.2, 0.25) is 0 Å². The average Bonchev–Trinajstić information content (AvgIpc) is 2.41. The van der Waals surface area contributed by atoms with Gasteiger partial charge in [-0.25, -0.2) is 4.98 Å². The molecule has 0 atom stereocenters. The smallest absolute Gasteiger partial charge is 0.126 e. The van der Waals surface area contributed by atoms with Crippen molar-refractivity contribution in [2.24, 2.45) is 0 Å². The second-order valence-corrected chi connectivity index (χ2v) is 5.08. The minimum Gasteiger partial charge on any atom is -0.396 e. The third kappa shape index (κ3) is 6.03. The summed E-state index contributed by atoms with van der Waals surface area (Å²) < 4.78 is 0. The first-order chi connectivity index (χ1) is 9.17. The lowest BCUT2D eigenvalue weighted by Gasteiger charge is -2.25. The SMILES string of the molecule is CCCNc1cccc(CN(CCCO)C(C)C)n1. The van der Waals surface area contributed by atoms with Crippen LogP contribution in [0.3, 0.4) is 0 Å². The Morgan fingerprint density at radius 3 is 2.79 bits per heavy atom. The fourth-order valence-corrected chi connectivity index (χ4v) is 1.92. The molecule has 0 aliphatic carbocycles. The Balaban J connectivity index is 2.62. The van der Waals surface area contributed by atoms with Crippen LogP contribution in [0.25, 0.3) is 0 Å². The largest absolute Gasteiger partial charge is 0.396 e. The predicted octanol–water partition coefficient (Wildman–Crippen LogP) is 2.50. The Labute approximate surface area is 116 Å². The van der Waals surface area contributed by atoms with Gasteiger partial charge < -0.3 is 10.4 Å². The number of pyridine rings is 1. The molecule has 0 aromatic carbocycles. The summed E-state index contributed by atoms with van der Waals surface area (Å²) in [6.07, 6.45) is 1.91. The molecule has 0 amide bonds. The molecule has 0 saturated heterocycles. The Morgan fingerprint density at radius 2 is 2.16 bits per heavy atom. The third-order valence-corrected chi connectivity index (χ3v) is 3.06. The number of aromatic nitrogens is 1. The van der Waals surface area contributed by atoms with E-state index in [0.29, 0.717) is 6.04 Å². The van der Waals surface area contributed by atoms with E-state index in [-0.39, 0.29) is 6.61 Å². The van der Waals surface area contributed by atoms with Gasteiger partial charge in [-0.3, -0.25) is 4.90 Å². The summed E-state index contributed by atoms with van der Waals surface area (Å²) in [5, 5.41) is 12.3. The van der Waals surface area contributed by atoms with Crippen molar-refractivity contribution in [3.63, 3.8) is 0 Å². The Kier molecular flexibility index (Phi) is 7.45. The van der Waals surface area contributed by atoms with Gasteiger partial charge in [0.05, 0.1) is 5.69 Å². The van der Waals surface area contributed by atoms with Crippen LogP contribution in [0, 0.1) is 0 Å². The Morgan fingerprint density at radius 1 is 1.37 bits per heavy atom. The molecule has 0 fully saturated rings. The molecule has 1 aromatic heterocycles. The molecular weight excluding hydrogens is 238 g/mol. The maximum Gasteiger partial charge on any atom is 0.126 e. The summed E-state index contributed by atoms with van der Waals surface area (Å²) in [7, 11) is 0. The summed E-state index contributed by atoms with van der Waals surface area (Å²) >= 11 is 0. The van der Waals surface area contributed by atoms with Crippen molar-refractivity contribution in [1.82, 2.24) is 9.88 Å². The van der Waals surface area contributed by atoms with Gasteiger partial charge in [0.25, 0.3) is 0 Å². The highest BCUT2D eigenvalue weighted by Crippen LogP contribution is 2.10. The standard InChI is InChI=1S/C15H27N3O/c1-4-9-16-15-8-5-7-14(17-15)12-18(13(2)3)10-6-11-19/h5,7-8,13,19H,4,6,9-12H2,1-3H3,(H,16,17). The van der Waals surface area contributed by atoms with Crippen molar-refractivity contribution in [3.05, 3.63) is 23.9 Å². The van der Waals surface area contributed by atoms with Gasteiger partial charge in [-0.05, 0) is 38.8 Å². The average molecular weight is 265 g/mol. The monoisotopic (exact) mass is 265 g/mol. The number of aliphatic hydroxyl groups excluding tert-OH is 1. The van der Waals surface area contributed by atoms with Gasteiger partial charge in [-0.2, -0.15) is 0 Å². The fraction of sp³-hybridized carbons (Fsp3) is 0.667. The molecule has 0 radical (unpaired) electrons. The van der Waals surface area contributed by atoms with Crippen molar-refractivity contribution < 1.29 is 5.11 Å². The first kappa shape index (κ1) is 15.9. The molecule has 2 N–H and O–H groups in total. The predicted molar refractivity (Wildman–Crippen MR) is 80.3 cm³/mol. The highest BCUT2D eigenvalue weighted by atomic mass is 16.3. The van der Waals surface area contributed by atoms with Gasteiger partial charge in [0.1, 0.15) is 5.82 Å². The fourth-order valence-electron chi connectivity index (χ4n) is 1.92. The summed E-state index contributed by atoms with van der Waals surface area (Å²) in [4.78, 5) is 6.96. The first-order valence-corrected chi connectivity index (χ1v) is 7.22. The molecule has 108 valence electrons. The summed E-state index contributed by atoms with van der Waals surface area (Å²) in [5.41, 5.74) is 1.08. The zero-order chi connectivity index (χ0) is 14.1. The van der Waals surface area contributed by atoms with Crippen LogP contribution in [-0.2, 0) is 6.54 Å². The Bertz CT molecular complexity index is 355. The minimum absolute atomic E-state index is 0.245. The molecule has 0 saturated carbocycles. The number of nitrogens with one attached hydrogen (secondary N) is 1. The molecule has 0 spiro atoms. The highest BCUT2D eigenvalue weighted by Gasteiger charge is 2.10. The molecule has 0 bridgehead atoms. The second kappa shape index (κ2) is 8.88. The van der Waals surface area contributed by atoms with Gasteiger partial charge in [-0.15, -0.1) is 0 Å². The number of aliphatic hydroxyl groups is 1. The van der Waals surface area contributed by atoms with E-state index in [1.54, 1.807) is 0 Å². The number of anilines is 1. The first-order valence-electron chi connectivity index (χ1n) is 7.22. The van der Waals surface area contributed by atoms with Crippen LogP contribution in [0.2, 0.25) is 0 Å². The van der Waals surface area contributed by atoms with Crippen molar-refractivity contribution in [1.29, 1.82) is 0 Å². The van der Waals surface area contributed by atoms with Crippen LogP contribution in [0.4, 0.5) is 5.82 Å². The maximum absolute atomic E-state index is 8.95. The van der Waals surface area contributed by atoms with E-state index in [2.05, 4.69) is 42.0 Å². The lowest BCUT2D eigenvalue weighted by Crippen LogP contribution is -2.32. The van der Waals surface area contributed by atoms with E-state index < -0.39 is 0 Å². The van der Waals surface area contributed by atoms with Crippen molar-refractivity contribution in [2.45, 2.75) is 46.2 Å². The van der Waals surface area contributed by atoms with Crippen LogP contribution in [-0.4, -0.2) is 40.7 Å². The topological polar surface area (TPSA) is 48.4 Å². The van der Waals surface area contributed by atoms with Crippen LogP contribution in [0.5, 0.6) is 0 Å². The van der Waals surface area contributed by atoms with Crippen molar-refractivity contribution in [3.8, 4) is 0 Å². The highest BCUT2D eigenvalue weighted by molar-refractivity contribution is 5.35. The van der Waals surface area contributed by atoms with E-state index in [1.165, 1.54) is 0 Å².